The van der Waals surface area contributed by atoms with Crippen LogP contribution in [0.15, 0.2) is 0 Å². The topological polar surface area (TPSA) is 32.3 Å². The summed E-state index contributed by atoms with van der Waals surface area (Å²) in [5.74, 6) is 0. The molecule has 0 aromatic carbocycles. The maximum Gasteiger partial charge on any atom is 0.0499 e. The van der Waals surface area contributed by atoms with Gasteiger partial charge in [0.15, 0.2) is 0 Å². The molecular weight excluding hydrogens is 138 g/mol. The second-order valence-corrected chi connectivity index (χ2v) is 3.83. The average molecular weight is 157 g/mol. The highest BCUT2D eigenvalue weighted by Crippen LogP contribution is 2.31. The quantitative estimate of drug-likeness (QED) is 0.630. The molecule has 1 aliphatic heterocycles. The highest BCUT2D eigenvalue weighted by Gasteiger charge is 2.34. The second kappa shape index (κ2) is 3.55. The normalized spacial score (nSPS) is 39.0. The van der Waals surface area contributed by atoms with Crippen LogP contribution in [0.3, 0.4) is 0 Å². The Kier molecular flexibility index (Phi) is 2.90. The van der Waals surface area contributed by atoms with E-state index in [1.165, 1.54) is 6.42 Å². The zero-order chi connectivity index (χ0) is 8.32. The Bertz CT molecular complexity index is 127. The van der Waals surface area contributed by atoms with Crippen LogP contribution >= 0.6 is 0 Å². The molecular formula is C9H19NO. The number of rotatable bonds is 2. The van der Waals surface area contributed by atoms with Crippen molar-refractivity contribution in [3.05, 3.63) is 0 Å². The van der Waals surface area contributed by atoms with Crippen molar-refractivity contribution >= 4 is 0 Å². The molecule has 0 aromatic heterocycles. The van der Waals surface area contributed by atoms with E-state index in [1.807, 2.05) is 0 Å². The fourth-order valence-corrected chi connectivity index (χ4v) is 2.02. The van der Waals surface area contributed by atoms with E-state index in [9.17, 15) is 5.11 Å². The minimum atomic E-state index is 0.132. The van der Waals surface area contributed by atoms with E-state index in [-0.39, 0.29) is 5.41 Å². The van der Waals surface area contributed by atoms with Crippen LogP contribution in [0.2, 0.25) is 0 Å². The number of piperidine rings is 1. The lowest BCUT2D eigenvalue weighted by Crippen LogP contribution is -2.49. The van der Waals surface area contributed by atoms with Crippen LogP contribution in [-0.4, -0.2) is 24.3 Å². The van der Waals surface area contributed by atoms with Crippen molar-refractivity contribution in [3.8, 4) is 0 Å². The SMILES string of the molecule is CCC1NCCCC1(C)CO. The molecule has 0 amide bonds. The van der Waals surface area contributed by atoms with Crippen LogP contribution in [0, 0.1) is 5.41 Å². The fourth-order valence-electron chi connectivity index (χ4n) is 2.02. The lowest BCUT2D eigenvalue weighted by atomic mass is 9.75. The van der Waals surface area contributed by atoms with Crippen molar-refractivity contribution in [2.75, 3.05) is 13.2 Å². The summed E-state index contributed by atoms with van der Waals surface area (Å²) >= 11 is 0. The van der Waals surface area contributed by atoms with Gasteiger partial charge in [-0.3, -0.25) is 0 Å². The van der Waals surface area contributed by atoms with Gasteiger partial charge in [-0.1, -0.05) is 13.8 Å². The smallest absolute Gasteiger partial charge is 0.0499 e. The third-order valence-corrected chi connectivity index (χ3v) is 2.93. The summed E-state index contributed by atoms with van der Waals surface area (Å²) in [5, 5.41) is 12.7. The fraction of sp³-hybridized carbons (Fsp3) is 1.00. The van der Waals surface area contributed by atoms with Crippen LogP contribution < -0.4 is 5.32 Å². The van der Waals surface area contributed by atoms with Gasteiger partial charge in [-0.05, 0) is 25.8 Å². The Balaban J connectivity index is 2.57. The molecule has 1 saturated heterocycles. The predicted octanol–water partition coefficient (Wildman–Crippen LogP) is 1.15. The highest BCUT2D eigenvalue weighted by molar-refractivity contribution is 4.89. The number of aliphatic hydroxyl groups excluding tert-OH is 1. The van der Waals surface area contributed by atoms with E-state index in [1.54, 1.807) is 0 Å². The molecule has 0 aromatic rings. The van der Waals surface area contributed by atoms with E-state index in [4.69, 9.17) is 0 Å². The summed E-state index contributed by atoms with van der Waals surface area (Å²) in [6.45, 7) is 5.79. The molecule has 1 rings (SSSR count). The van der Waals surface area contributed by atoms with Crippen molar-refractivity contribution in [3.63, 3.8) is 0 Å². The summed E-state index contributed by atoms with van der Waals surface area (Å²) in [6.07, 6.45) is 3.49. The summed E-state index contributed by atoms with van der Waals surface area (Å²) in [7, 11) is 0. The molecule has 2 atom stereocenters. The molecule has 2 heteroatoms. The van der Waals surface area contributed by atoms with Gasteiger partial charge in [-0.15, -0.1) is 0 Å². The van der Waals surface area contributed by atoms with Gasteiger partial charge in [-0.2, -0.15) is 0 Å². The van der Waals surface area contributed by atoms with Gasteiger partial charge in [0.05, 0.1) is 0 Å². The molecule has 66 valence electrons. The molecule has 1 fully saturated rings. The van der Waals surface area contributed by atoms with E-state index in [2.05, 4.69) is 19.2 Å². The molecule has 0 bridgehead atoms. The van der Waals surface area contributed by atoms with Crippen molar-refractivity contribution < 1.29 is 5.11 Å². The van der Waals surface area contributed by atoms with Crippen molar-refractivity contribution in [2.45, 2.75) is 39.2 Å². The molecule has 0 aliphatic carbocycles. The van der Waals surface area contributed by atoms with Crippen LogP contribution in [0.5, 0.6) is 0 Å². The summed E-state index contributed by atoms with van der Waals surface area (Å²) in [4.78, 5) is 0. The number of hydrogen-bond donors (Lipinski definition) is 2. The monoisotopic (exact) mass is 157 g/mol. The minimum Gasteiger partial charge on any atom is -0.396 e. The molecule has 1 aliphatic rings. The molecule has 1 heterocycles. The Labute approximate surface area is 69.0 Å². The summed E-state index contributed by atoms with van der Waals surface area (Å²) in [6, 6.07) is 0.515. The molecule has 2 N–H and O–H groups in total. The van der Waals surface area contributed by atoms with Gasteiger partial charge in [-0.25, -0.2) is 0 Å². The first kappa shape index (κ1) is 9.01. The zero-order valence-corrected chi connectivity index (χ0v) is 7.56. The number of hydrogen-bond acceptors (Lipinski definition) is 2. The van der Waals surface area contributed by atoms with Gasteiger partial charge in [0.2, 0.25) is 0 Å². The minimum absolute atomic E-state index is 0.132. The van der Waals surface area contributed by atoms with Crippen molar-refractivity contribution in [1.82, 2.24) is 5.32 Å². The Morgan fingerprint density at radius 2 is 2.36 bits per heavy atom. The Morgan fingerprint density at radius 1 is 1.64 bits per heavy atom. The van der Waals surface area contributed by atoms with E-state index >= 15 is 0 Å². The van der Waals surface area contributed by atoms with Gasteiger partial charge in [0.25, 0.3) is 0 Å². The molecule has 2 unspecified atom stereocenters. The highest BCUT2D eigenvalue weighted by atomic mass is 16.3. The average Bonchev–Trinajstić information content (AvgIpc) is 2.05. The first-order valence-corrected chi connectivity index (χ1v) is 4.57. The van der Waals surface area contributed by atoms with Gasteiger partial charge in [0.1, 0.15) is 0 Å². The predicted molar refractivity (Wildman–Crippen MR) is 46.5 cm³/mol. The van der Waals surface area contributed by atoms with Crippen LogP contribution in [-0.2, 0) is 0 Å². The first-order chi connectivity index (χ1) is 5.23. The van der Waals surface area contributed by atoms with Crippen LogP contribution in [0.4, 0.5) is 0 Å². The molecule has 0 saturated carbocycles. The van der Waals surface area contributed by atoms with E-state index in [0.29, 0.717) is 12.6 Å². The van der Waals surface area contributed by atoms with Crippen LogP contribution in [0.1, 0.15) is 33.1 Å². The molecule has 11 heavy (non-hydrogen) atoms. The van der Waals surface area contributed by atoms with Gasteiger partial charge >= 0.3 is 0 Å². The maximum absolute atomic E-state index is 9.21. The van der Waals surface area contributed by atoms with Crippen molar-refractivity contribution in [2.24, 2.45) is 5.41 Å². The Morgan fingerprint density at radius 3 is 2.82 bits per heavy atom. The number of nitrogens with one attached hydrogen (secondary N) is 1. The lowest BCUT2D eigenvalue weighted by Gasteiger charge is -2.40. The molecule has 2 nitrogen and oxygen atoms in total. The van der Waals surface area contributed by atoms with E-state index in [0.717, 1.165) is 19.4 Å². The molecule has 0 spiro atoms. The third kappa shape index (κ3) is 1.74. The first-order valence-electron chi connectivity index (χ1n) is 4.57. The second-order valence-electron chi connectivity index (χ2n) is 3.83. The van der Waals surface area contributed by atoms with Crippen molar-refractivity contribution in [1.29, 1.82) is 0 Å². The third-order valence-electron chi connectivity index (χ3n) is 2.93. The standard InChI is InChI=1S/C9H19NO/c1-3-8-9(2,7-11)5-4-6-10-8/h8,10-11H,3-7H2,1-2H3. The lowest BCUT2D eigenvalue weighted by molar-refractivity contribution is 0.0661. The maximum atomic E-state index is 9.21. The van der Waals surface area contributed by atoms with Crippen LogP contribution in [0.25, 0.3) is 0 Å². The van der Waals surface area contributed by atoms with Gasteiger partial charge in [0, 0.05) is 18.1 Å². The van der Waals surface area contributed by atoms with Gasteiger partial charge < -0.3 is 10.4 Å². The Hall–Kier alpha value is -0.0800. The summed E-state index contributed by atoms with van der Waals surface area (Å²) < 4.78 is 0. The van der Waals surface area contributed by atoms with E-state index < -0.39 is 0 Å². The number of aliphatic hydroxyl groups is 1. The zero-order valence-electron chi connectivity index (χ0n) is 7.56. The summed E-state index contributed by atoms with van der Waals surface area (Å²) in [5.41, 5.74) is 0.132. The largest absolute Gasteiger partial charge is 0.396 e. The molecule has 0 radical (unpaired) electrons.